The van der Waals surface area contributed by atoms with E-state index in [0.29, 0.717) is 18.0 Å². The molecule has 0 radical (unpaired) electrons. The minimum atomic E-state index is -0.367. The Morgan fingerprint density at radius 1 is 1.50 bits per heavy atom. The number of hydrogen-bond acceptors (Lipinski definition) is 4. The maximum atomic E-state index is 12.4. The summed E-state index contributed by atoms with van der Waals surface area (Å²) in [4.78, 5) is 16.6. The highest BCUT2D eigenvalue weighted by Gasteiger charge is 2.26. The number of thiazole rings is 1. The largest absolute Gasteiger partial charge is 0.346 e. The molecule has 2 aromatic rings. The van der Waals surface area contributed by atoms with Crippen molar-refractivity contribution in [3.05, 3.63) is 29.3 Å². The van der Waals surface area contributed by atoms with Crippen molar-refractivity contribution in [2.45, 2.75) is 32.7 Å². The van der Waals surface area contributed by atoms with Gasteiger partial charge in [-0.05, 0) is 37.5 Å². The van der Waals surface area contributed by atoms with Crippen molar-refractivity contribution in [2.24, 2.45) is 11.7 Å². The van der Waals surface area contributed by atoms with Crippen LogP contribution in [0.25, 0.3) is 10.2 Å². The molecule has 0 saturated heterocycles. The van der Waals surface area contributed by atoms with Crippen LogP contribution in [-0.4, -0.2) is 23.0 Å². The number of carbonyl (C=O) groups excluding carboxylic acids is 1. The minimum Gasteiger partial charge on any atom is -0.346 e. The highest BCUT2D eigenvalue weighted by atomic mass is 32.1. The third kappa shape index (κ3) is 3.35. The summed E-state index contributed by atoms with van der Waals surface area (Å²) in [5, 5.41) is 3.07. The van der Waals surface area contributed by atoms with Crippen molar-refractivity contribution < 1.29 is 4.79 Å². The number of amides is 1. The molecule has 108 valence electrons. The number of nitrogens with two attached hydrogens (primary N) is 1. The Morgan fingerprint density at radius 2 is 2.25 bits per heavy atom. The topological polar surface area (TPSA) is 68.0 Å². The molecule has 1 atom stereocenters. The van der Waals surface area contributed by atoms with Gasteiger partial charge in [-0.25, -0.2) is 4.98 Å². The van der Waals surface area contributed by atoms with Crippen LogP contribution < -0.4 is 11.1 Å². The van der Waals surface area contributed by atoms with Crippen LogP contribution in [0.5, 0.6) is 0 Å². The first kappa shape index (κ1) is 14.9. The Kier molecular flexibility index (Phi) is 4.40. The molecule has 1 unspecified atom stereocenters. The average Bonchev–Trinajstić information content (AvgIpc) is 2.84. The first-order chi connectivity index (χ1) is 9.43. The molecule has 1 heterocycles. The number of aromatic nitrogens is 1. The second-order valence-electron chi connectivity index (χ2n) is 5.85. The van der Waals surface area contributed by atoms with Crippen molar-refractivity contribution in [1.82, 2.24) is 10.3 Å². The van der Waals surface area contributed by atoms with E-state index in [0.717, 1.165) is 16.6 Å². The highest BCUT2D eigenvalue weighted by Crippen LogP contribution is 2.20. The van der Waals surface area contributed by atoms with Gasteiger partial charge in [0.15, 0.2) is 0 Å². The van der Waals surface area contributed by atoms with E-state index in [-0.39, 0.29) is 11.4 Å². The van der Waals surface area contributed by atoms with Gasteiger partial charge in [0.2, 0.25) is 0 Å². The molecule has 1 aromatic heterocycles. The smallest absolute Gasteiger partial charge is 0.251 e. The van der Waals surface area contributed by atoms with Crippen LogP contribution in [0.3, 0.4) is 0 Å². The lowest BCUT2D eigenvalue weighted by Gasteiger charge is -2.31. The summed E-state index contributed by atoms with van der Waals surface area (Å²) in [5.41, 5.74) is 8.84. The van der Waals surface area contributed by atoms with Gasteiger partial charge in [0.1, 0.15) is 0 Å². The normalized spacial score (nSPS) is 14.4. The fraction of sp³-hybridized carbons (Fsp3) is 0.467. The first-order valence-electron chi connectivity index (χ1n) is 6.79. The van der Waals surface area contributed by atoms with Gasteiger partial charge >= 0.3 is 0 Å². The summed E-state index contributed by atoms with van der Waals surface area (Å²) in [6.07, 6.45) is 0.859. The van der Waals surface area contributed by atoms with Gasteiger partial charge in [-0.3, -0.25) is 4.79 Å². The number of nitrogens with one attached hydrogen (secondary N) is 1. The quantitative estimate of drug-likeness (QED) is 0.890. The maximum absolute atomic E-state index is 12.4. The monoisotopic (exact) mass is 291 g/mol. The lowest BCUT2D eigenvalue weighted by Crippen LogP contribution is -2.52. The molecule has 0 spiro atoms. The molecule has 1 amide bonds. The Labute approximate surface area is 123 Å². The second-order valence-corrected chi connectivity index (χ2v) is 6.74. The fourth-order valence-corrected chi connectivity index (χ4v) is 3.15. The molecule has 0 fully saturated rings. The zero-order valence-electron chi connectivity index (χ0n) is 12.1. The predicted molar refractivity (Wildman–Crippen MR) is 84.0 cm³/mol. The summed E-state index contributed by atoms with van der Waals surface area (Å²) >= 11 is 1.54. The van der Waals surface area contributed by atoms with Gasteiger partial charge in [0.25, 0.3) is 5.91 Å². The second kappa shape index (κ2) is 5.89. The van der Waals surface area contributed by atoms with Gasteiger partial charge < -0.3 is 11.1 Å². The van der Waals surface area contributed by atoms with Crippen LogP contribution in [0.4, 0.5) is 0 Å². The van der Waals surface area contributed by atoms with Crippen LogP contribution >= 0.6 is 11.3 Å². The lowest BCUT2D eigenvalue weighted by molar-refractivity contribution is 0.0898. The number of hydrogen-bond donors (Lipinski definition) is 2. The predicted octanol–water partition coefficient (Wildman–Crippen LogP) is 2.79. The maximum Gasteiger partial charge on any atom is 0.251 e. The van der Waals surface area contributed by atoms with E-state index in [1.165, 1.54) is 11.3 Å². The van der Waals surface area contributed by atoms with Crippen molar-refractivity contribution in [3.8, 4) is 0 Å². The molecule has 0 bridgehead atoms. The van der Waals surface area contributed by atoms with Crippen molar-refractivity contribution in [3.63, 3.8) is 0 Å². The molecule has 4 nitrogen and oxygen atoms in total. The summed E-state index contributed by atoms with van der Waals surface area (Å²) in [7, 11) is 0. The molecule has 0 aliphatic carbocycles. The third-order valence-corrected chi connectivity index (χ3v) is 4.11. The molecular formula is C15H21N3OS. The average molecular weight is 291 g/mol. The number of fused-ring (bicyclic) bond motifs is 1. The van der Waals surface area contributed by atoms with E-state index in [4.69, 9.17) is 5.73 Å². The molecule has 0 aliphatic heterocycles. The van der Waals surface area contributed by atoms with Crippen molar-refractivity contribution >= 4 is 27.5 Å². The van der Waals surface area contributed by atoms with Crippen LogP contribution in [0.15, 0.2) is 23.7 Å². The van der Waals surface area contributed by atoms with E-state index in [2.05, 4.69) is 24.1 Å². The molecule has 3 N–H and O–H groups in total. The van der Waals surface area contributed by atoms with Gasteiger partial charge in [-0.2, -0.15) is 0 Å². The number of rotatable bonds is 5. The van der Waals surface area contributed by atoms with Gasteiger partial charge in [0, 0.05) is 17.6 Å². The van der Waals surface area contributed by atoms with Crippen LogP contribution in [0.1, 0.15) is 37.6 Å². The minimum absolute atomic E-state index is 0.0751. The summed E-state index contributed by atoms with van der Waals surface area (Å²) < 4.78 is 1.02. The van der Waals surface area contributed by atoms with E-state index in [1.54, 1.807) is 5.51 Å². The third-order valence-electron chi connectivity index (χ3n) is 3.32. The standard InChI is InChI=1S/C15H21N3OS/c1-10(2)7-15(3,8-16)18-14(19)11-4-5-12-13(6-11)20-9-17-12/h4-6,9-10H,7-8,16H2,1-3H3,(H,18,19). The molecule has 0 saturated carbocycles. The number of nitrogens with zero attached hydrogens (tertiary/aromatic N) is 1. The lowest BCUT2D eigenvalue weighted by atomic mass is 9.90. The molecule has 20 heavy (non-hydrogen) atoms. The summed E-state index contributed by atoms with van der Waals surface area (Å²) in [6, 6.07) is 5.57. The molecule has 2 rings (SSSR count). The summed E-state index contributed by atoms with van der Waals surface area (Å²) in [6.45, 7) is 6.68. The Hall–Kier alpha value is -1.46. The fourth-order valence-electron chi connectivity index (χ4n) is 2.43. The van der Waals surface area contributed by atoms with E-state index >= 15 is 0 Å². The zero-order valence-corrected chi connectivity index (χ0v) is 13.0. The van der Waals surface area contributed by atoms with Gasteiger partial charge in [0.05, 0.1) is 15.7 Å². The molecule has 0 aliphatic rings. The van der Waals surface area contributed by atoms with Crippen molar-refractivity contribution in [1.29, 1.82) is 0 Å². The Morgan fingerprint density at radius 3 is 2.90 bits per heavy atom. The Bertz CT molecular complexity index is 608. The van der Waals surface area contributed by atoms with E-state index < -0.39 is 0 Å². The number of benzene rings is 1. The first-order valence-corrected chi connectivity index (χ1v) is 7.67. The van der Waals surface area contributed by atoms with E-state index in [1.807, 2.05) is 25.1 Å². The number of carbonyl (C=O) groups is 1. The Balaban J connectivity index is 2.17. The van der Waals surface area contributed by atoms with E-state index in [9.17, 15) is 4.79 Å². The van der Waals surface area contributed by atoms with Crippen molar-refractivity contribution in [2.75, 3.05) is 6.54 Å². The van der Waals surface area contributed by atoms with Gasteiger partial charge in [-0.1, -0.05) is 13.8 Å². The van der Waals surface area contributed by atoms with Crippen LogP contribution in [0.2, 0.25) is 0 Å². The van der Waals surface area contributed by atoms with Crippen LogP contribution in [0, 0.1) is 5.92 Å². The SMILES string of the molecule is CC(C)CC(C)(CN)NC(=O)c1ccc2ncsc2c1. The zero-order chi connectivity index (χ0) is 14.8. The molecular weight excluding hydrogens is 270 g/mol. The van der Waals surface area contributed by atoms with Gasteiger partial charge in [-0.15, -0.1) is 11.3 Å². The molecule has 1 aromatic carbocycles. The van der Waals surface area contributed by atoms with Crippen LogP contribution in [-0.2, 0) is 0 Å². The molecule has 5 heteroatoms. The highest BCUT2D eigenvalue weighted by molar-refractivity contribution is 7.16. The summed E-state index contributed by atoms with van der Waals surface area (Å²) in [5.74, 6) is 0.404.